The monoisotopic (exact) mass is 467 g/mol. The van der Waals surface area contributed by atoms with Gasteiger partial charge in [-0.3, -0.25) is 5.32 Å². The minimum atomic E-state index is -0.351. The molecule has 0 fully saturated rings. The summed E-state index contributed by atoms with van der Waals surface area (Å²) in [6.45, 7) is 3.55. The summed E-state index contributed by atoms with van der Waals surface area (Å²) < 4.78 is 5.25. The molecule has 3 N–H and O–H groups in total. The summed E-state index contributed by atoms with van der Waals surface area (Å²) >= 11 is 3.33. The lowest BCUT2D eigenvalue weighted by atomic mass is 9.97. The first-order chi connectivity index (χ1) is 14.2. The van der Waals surface area contributed by atoms with Crippen LogP contribution in [0.25, 0.3) is 0 Å². The highest BCUT2D eigenvalue weighted by molar-refractivity contribution is 7.98. The lowest BCUT2D eigenvalue weighted by Gasteiger charge is -2.21. The number of amides is 2. The van der Waals surface area contributed by atoms with Crippen LogP contribution in [0.5, 0.6) is 0 Å². The van der Waals surface area contributed by atoms with E-state index in [1.54, 1.807) is 6.92 Å². The first-order valence-electron chi connectivity index (χ1n) is 9.96. The molecular formula is C21H26ClN3O3S2. The van der Waals surface area contributed by atoms with Crippen LogP contribution in [0.15, 0.2) is 18.2 Å². The quantitative estimate of drug-likeness (QED) is 0.549. The Morgan fingerprint density at radius 1 is 1.23 bits per heavy atom. The van der Waals surface area contributed by atoms with Gasteiger partial charge in [0.15, 0.2) is 0 Å². The van der Waals surface area contributed by atoms with Gasteiger partial charge in [-0.15, -0.1) is 23.7 Å². The molecular weight excluding hydrogens is 442 g/mol. The van der Waals surface area contributed by atoms with Crippen molar-refractivity contribution < 1.29 is 14.3 Å². The second kappa shape index (κ2) is 10.4. The van der Waals surface area contributed by atoms with E-state index in [-0.39, 0.29) is 24.4 Å². The first-order valence-corrected chi connectivity index (χ1v) is 11.9. The normalized spacial score (nSPS) is 14.4. The fraction of sp³-hybridized carbons (Fsp3) is 0.429. The Morgan fingerprint density at radius 2 is 2.10 bits per heavy atom. The van der Waals surface area contributed by atoms with Gasteiger partial charge in [0.2, 0.25) is 0 Å². The van der Waals surface area contributed by atoms with E-state index in [2.05, 4.69) is 28.1 Å². The Labute approximate surface area is 190 Å². The third-order valence-electron chi connectivity index (χ3n) is 5.16. The minimum Gasteiger partial charge on any atom is -0.462 e. The van der Waals surface area contributed by atoms with Crippen molar-refractivity contribution in [2.45, 2.75) is 38.5 Å². The van der Waals surface area contributed by atoms with Crippen LogP contribution in [0.4, 0.5) is 15.5 Å². The van der Waals surface area contributed by atoms with E-state index in [4.69, 9.17) is 4.74 Å². The molecule has 2 aliphatic heterocycles. The van der Waals surface area contributed by atoms with E-state index in [0.717, 1.165) is 59.0 Å². The number of thioether (sulfide) groups is 1. The molecule has 0 saturated heterocycles. The molecule has 2 aliphatic rings. The maximum Gasteiger partial charge on any atom is 0.341 e. The van der Waals surface area contributed by atoms with Gasteiger partial charge in [-0.05, 0) is 54.7 Å². The third-order valence-corrected chi connectivity index (χ3v) is 7.47. The van der Waals surface area contributed by atoms with E-state index in [1.807, 2.05) is 17.8 Å². The lowest BCUT2D eigenvalue weighted by Crippen LogP contribution is -2.29. The predicted octanol–water partition coefficient (Wildman–Crippen LogP) is 4.82. The van der Waals surface area contributed by atoms with Crippen LogP contribution >= 0.6 is 35.5 Å². The Balaban J connectivity index is 0.00000256. The zero-order valence-electron chi connectivity index (χ0n) is 16.8. The van der Waals surface area contributed by atoms with Crippen molar-refractivity contribution in [3.63, 3.8) is 0 Å². The molecule has 1 aromatic heterocycles. The van der Waals surface area contributed by atoms with Crippen LogP contribution < -0.4 is 16.0 Å². The molecule has 162 valence electrons. The SMILES string of the molecule is CCOC(=O)c1c(NC(=O)NCc2cccc3c2CCCN3)sc2c1CCSC2.Cl. The number of carbonyl (C=O) groups excluding carboxylic acids is 2. The lowest BCUT2D eigenvalue weighted by molar-refractivity contribution is 0.0527. The maximum absolute atomic E-state index is 12.6. The summed E-state index contributed by atoms with van der Waals surface area (Å²) in [7, 11) is 0. The second-order valence-corrected chi connectivity index (χ2v) is 9.22. The van der Waals surface area contributed by atoms with Gasteiger partial charge in [0.05, 0.1) is 12.2 Å². The number of halogens is 1. The van der Waals surface area contributed by atoms with E-state index in [9.17, 15) is 9.59 Å². The molecule has 0 spiro atoms. The van der Waals surface area contributed by atoms with Crippen molar-refractivity contribution >= 4 is 58.2 Å². The summed E-state index contributed by atoms with van der Waals surface area (Å²) in [5.41, 5.74) is 5.12. The van der Waals surface area contributed by atoms with Gasteiger partial charge in [-0.25, -0.2) is 9.59 Å². The highest BCUT2D eigenvalue weighted by atomic mass is 35.5. The first kappa shape index (κ1) is 22.8. The van der Waals surface area contributed by atoms with Crippen LogP contribution in [0.1, 0.15) is 45.3 Å². The number of esters is 1. The molecule has 30 heavy (non-hydrogen) atoms. The number of carbonyl (C=O) groups is 2. The number of anilines is 2. The fourth-order valence-corrected chi connectivity index (χ4v) is 6.18. The summed E-state index contributed by atoms with van der Waals surface area (Å²) in [5.74, 6) is 1.50. The maximum atomic E-state index is 12.6. The number of rotatable bonds is 5. The van der Waals surface area contributed by atoms with Crippen LogP contribution in [0, 0.1) is 0 Å². The zero-order chi connectivity index (χ0) is 20.2. The second-order valence-electron chi connectivity index (χ2n) is 7.01. The van der Waals surface area contributed by atoms with Gasteiger partial charge < -0.3 is 15.4 Å². The number of ether oxygens (including phenoxy) is 1. The van der Waals surface area contributed by atoms with Gasteiger partial charge in [-0.2, -0.15) is 11.8 Å². The van der Waals surface area contributed by atoms with Gasteiger partial charge >= 0.3 is 12.0 Å². The highest BCUT2D eigenvalue weighted by Crippen LogP contribution is 2.39. The van der Waals surface area contributed by atoms with Crippen LogP contribution in [-0.4, -0.2) is 30.9 Å². The average molecular weight is 468 g/mol. The summed E-state index contributed by atoms with van der Waals surface area (Å²) in [6.07, 6.45) is 2.94. The smallest absolute Gasteiger partial charge is 0.341 e. The molecule has 0 radical (unpaired) electrons. The number of hydrogen-bond acceptors (Lipinski definition) is 6. The Bertz CT molecular complexity index is 932. The highest BCUT2D eigenvalue weighted by Gasteiger charge is 2.27. The molecule has 2 amide bonds. The summed E-state index contributed by atoms with van der Waals surface area (Å²) in [4.78, 5) is 26.3. The molecule has 1 aromatic carbocycles. The Morgan fingerprint density at radius 3 is 2.93 bits per heavy atom. The molecule has 0 saturated carbocycles. The van der Waals surface area contributed by atoms with Crippen LogP contribution in [0.3, 0.4) is 0 Å². The largest absolute Gasteiger partial charge is 0.462 e. The summed E-state index contributed by atoms with van der Waals surface area (Å²) in [6, 6.07) is 5.84. The van der Waals surface area contributed by atoms with Crippen LogP contribution in [-0.2, 0) is 29.9 Å². The van der Waals surface area contributed by atoms with Crippen molar-refractivity contribution in [2.75, 3.05) is 29.5 Å². The molecule has 9 heteroatoms. The molecule has 4 rings (SSSR count). The van der Waals surface area contributed by atoms with E-state index < -0.39 is 0 Å². The predicted molar refractivity (Wildman–Crippen MR) is 127 cm³/mol. The third kappa shape index (κ3) is 4.87. The number of fused-ring (bicyclic) bond motifs is 2. The summed E-state index contributed by atoms with van der Waals surface area (Å²) in [5, 5.41) is 9.85. The van der Waals surface area contributed by atoms with E-state index in [1.165, 1.54) is 16.9 Å². The number of urea groups is 1. The topological polar surface area (TPSA) is 79.5 Å². The van der Waals surface area contributed by atoms with Gasteiger partial charge in [0, 0.05) is 29.4 Å². The molecule has 2 aromatic rings. The Hall–Kier alpha value is -1.90. The van der Waals surface area contributed by atoms with Crippen molar-refractivity contribution in [3.05, 3.63) is 45.3 Å². The van der Waals surface area contributed by atoms with Crippen molar-refractivity contribution in [1.82, 2.24) is 5.32 Å². The molecule has 0 unspecified atom stereocenters. The molecule has 6 nitrogen and oxygen atoms in total. The van der Waals surface area contributed by atoms with Crippen LogP contribution in [0.2, 0.25) is 0 Å². The number of nitrogens with one attached hydrogen (secondary N) is 3. The number of hydrogen-bond donors (Lipinski definition) is 3. The zero-order valence-corrected chi connectivity index (χ0v) is 19.3. The average Bonchev–Trinajstić information content (AvgIpc) is 3.10. The van der Waals surface area contributed by atoms with E-state index >= 15 is 0 Å². The van der Waals surface area contributed by atoms with Crippen molar-refractivity contribution in [1.29, 1.82) is 0 Å². The standard InChI is InChI=1S/C21H25N3O3S2.ClH/c1-2-27-20(25)18-15-8-10-28-12-17(15)29-19(18)24-21(26)23-11-13-5-3-7-16-14(13)6-4-9-22-16;/h3,5,7,22H,2,4,6,8-12H2,1H3,(H2,23,24,26);1H. The minimum absolute atomic E-state index is 0. The number of benzene rings is 1. The Kier molecular flexibility index (Phi) is 7.91. The fourth-order valence-electron chi connectivity index (χ4n) is 3.81. The molecule has 0 atom stereocenters. The molecule has 3 heterocycles. The molecule has 0 aliphatic carbocycles. The van der Waals surface area contributed by atoms with Crippen molar-refractivity contribution in [2.24, 2.45) is 0 Å². The molecule has 0 bridgehead atoms. The van der Waals surface area contributed by atoms with Gasteiger partial charge in [0.1, 0.15) is 5.00 Å². The van der Waals surface area contributed by atoms with Gasteiger partial charge in [-0.1, -0.05) is 12.1 Å². The van der Waals surface area contributed by atoms with Gasteiger partial charge in [0.25, 0.3) is 0 Å². The number of thiophene rings is 1. The van der Waals surface area contributed by atoms with Crippen molar-refractivity contribution in [3.8, 4) is 0 Å². The van der Waals surface area contributed by atoms with E-state index in [0.29, 0.717) is 23.7 Å².